The van der Waals surface area contributed by atoms with Gasteiger partial charge in [-0.25, -0.2) is 0 Å². The van der Waals surface area contributed by atoms with Crippen LogP contribution in [0.15, 0.2) is 30.3 Å². The Morgan fingerprint density at radius 3 is 1.35 bits per heavy atom. The van der Waals surface area contributed by atoms with Crippen molar-refractivity contribution in [2.75, 3.05) is 19.8 Å². The minimum atomic E-state index is -5.18. The van der Waals surface area contributed by atoms with Gasteiger partial charge in [-0.2, -0.15) is 26.3 Å². The third kappa shape index (κ3) is 15.6. The number of ether oxygens (including phenoxy) is 3. The molecule has 0 saturated carbocycles. The van der Waals surface area contributed by atoms with E-state index in [9.17, 15) is 31.1 Å². The van der Waals surface area contributed by atoms with Gasteiger partial charge in [0.15, 0.2) is 5.52 Å². The molecule has 4 unspecified atom stereocenters. The number of rotatable bonds is 24. The van der Waals surface area contributed by atoms with Gasteiger partial charge in [0.05, 0.1) is 36.3 Å². The third-order valence-electron chi connectivity index (χ3n) is 9.24. The van der Waals surface area contributed by atoms with Crippen LogP contribution < -0.4 is 19.5 Å². The number of halogens is 6. The molecule has 0 spiro atoms. The van der Waals surface area contributed by atoms with Gasteiger partial charge in [-0.05, 0) is 57.7 Å². The number of benzene rings is 2. The van der Waals surface area contributed by atoms with E-state index in [1.54, 1.807) is 12.1 Å². The molecule has 51 heavy (non-hydrogen) atoms. The third-order valence-corrected chi connectivity index (χ3v) is 10.5. The molecule has 12 heteroatoms. The molecule has 2 aromatic carbocycles. The van der Waals surface area contributed by atoms with E-state index in [0.29, 0.717) is 36.5 Å². The van der Waals surface area contributed by atoms with Gasteiger partial charge in [0.2, 0.25) is 0 Å². The second-order valence-corrected chi connectivity index (χ2v) is 14.4. The molecule has 0 aliphatic heterocycles. The first-order valence-electron chi connectivity index (χ1n) is 18.4. The van der Waals surface area contributed by atoms with Crippen LogP contribution in [0.25, 0.3) is 0 Å². The summed E-state index contributed by atoms with van der Waals surface area (Å²) in [5.74, 6) is 1.40. The Balaban J connectivity index is 0.0000130. The Kier molecular flexibility index (Phi) is 21.9. The molecule has 4 atom stereocenters. The van der Waals surface area contributed by atoms with Crippen LogP contribution in [-0.2, 0) is 12.4 Å². The van der Waals surface area contributed by atoms with Crippen molar-refractivity contribution in [3.05, 3.63) is 47.0 Å². The van der Waals surface area contributed by atoms with E-state index in [1.165, 1.54) is 0 Å². The molecular weight excluding hydrogens is 684 g/mol. The number of hydrogen-bond acceptors (Lipinski definition) is 4. The molecule has 0 aromatic heterocycles. The number of alkyl halides is 6. The first kappa shape index (κ1) is 47.1. The standard InChI is InChI=1S/C39H57F6O4P.Li/c1-7-13-17-27(10-4)24-47-30-22-33(48-25-28(11-5)18-14-8-2)36(34(23-30)49-26-29(12-6)19-15-9-3)50-37(46)35-31(38(40,41)42)20-16-21-32(35)39(43,44)45;/h16,20-23,27-29,50H,7-15,17-19,24-26H2,1-6H3;. The summed E-state index contributed by atoms with van der Waals surface area (Å²) >= 11 is 0. The van der Waals surface area contributed by atoms with E-state index in [0.717, 1.165) is 77.0 Å². The van der Waals surface area contributed by atoms with E-state index >= 15 is 0 Å². The quantitative estimate of drug-likeness (QED) is 0.0610. The minimum absolute atomic E-state index is 0. The molecule has 4 nitrogen and oxygen atoms in total. The maximum absolute atomic E-state index is 14.1. The van der Waals surface area contributed by atoms with Crippen molar-refractivity contribution in [1.29, 1.82) is 0 Å². The monoisotopic (exact) mass is 741 g/mol. The van der Waals surface area contributed by atoms with Crippen LogP contribution in [-0.4, -0.2) is 44.2 Å². The predicted octanol–water partition coefficient (Wildman–Crippen LogP) is 12.3. The molecule has 1 radical (unpaired) electrons. The molecule has 0 heterocycles. The van der Waals surface area contributed by atoms with E-state index < -0.39 is 43.1 Å². The van der Waals surface area contributed by atoms with Crippen LogP contribution in [0.2, 0.25) is 0 Å². The summed E-state index contributed by atoms with van der Waals surface area (Å²) in [5, 5.41) is 0.140. The van der Waals surface area contributed by atoms with Gasteiger partial charge >= 0.3 is 12.4 Å². The summed E-state index contributed by atoms with van der Waals surface area (Å²) in [6.07, 6.45) is 0.998. The van der Waals surface area contributed by atoms with Crippen molar-refractivity contribution < 1.29 is 45.3 Å². The largest absolute Gasteiger partial charge is 0.493 e. The molecule has 2 aromatic rings. The van der Waals surface area contributed by atoms with Crippen LogP contribution in [0, 0.1) is 17.8 Å². The maximum Gasteiger partial charge on any atom is 0.417 e. The Morgan fingerprint density at radius 1 is 0.647 bits per heavy atom. The van der Waals surface area contributed by atoms with Crippen LogP contribution in [0.1, 0.15) is 140 Å². The predicted molar refractivity (Wildman–Crippen MR) is 197 cm³/mol. The number of hydrogen-bond donors (Lipinski definition) is 0. The first-order chi connectivity index (χ1) is 23.7. The number of carbonyl (C=O) groups excluding carboxylic acids is 1. The fourth-order valence-corrected chi connectivity index (χ4v) is 6.93. The summed E-state index contributed by atoms with van der Waals surface area (Å²) in [7, 11) is -1.14. The summed E-state index contributed by atoms with van der Waals surface area (Å²) in [6, 6.07) is 4.92. The van der Waals surface area contributed by atoms with E-state index in [4.69, 9.17) is 14.2 Å². The maximum atomic E-state index is 14.1. The van der Waals surface area contributed by atoms with Gasteiger partial charge in [-0.3, -0.25) is 4.79 Å². The molecule has 0 N–H and O–H groups in total. The topological polar surface area (TPSA) is 44.8 Å². The average Bonchev–Trinajstić information content (AvgIpc) is 3.08. The Morgan fingerprint density at radius 2 is 1.02 bits per heavy atom. The zero-order chi connectivity index (χ0) is 37.3. The van der Waals surface area contributed by atoms with Crippen molar-refractivity contribution in [3.63, 3.8) is 0 Å². The molecule has 0 amide bonds. The molecule has 0 saturated heterocycles. The van der Waals surface area contributed by atoms with Gasteiger partial charge < -0.3 is 14.2 Å². The van der Waals surface area contributed by atoms with Crippen molar-refractivity contribution in [2.45, 2.75) is 131 Å². The van der Waals surface area contributed by atoms with Gasteiger partial charge in [0, 0.05) is 36.6 Å². The summed E-state index contributed by atoms with van der Waals surface area (Å²) in [5.41, 5.74) is -5.93. The molecule has 0 aliphatic rings. The SMILES string of the molecule is CCCCC(CC)COc1cc(OCC(CC)CCCC)c(PC(=O)c2c(C(F)(F)F)cccc2C(F)(F)F)c(OCC(CC)CCCC)c1.[Li]. The Labute approximate surface area is 315 Å². The zero-order valence-electron chi connectivity index (χ0n) is 31.6. The van der Waals surface area contributed by atoms with Gasteiger partial charge in [0.1, 0.15) is 17.2 Å². The Bertz CT molecular complexity index is 1230. The van der Waals surface area contributed by atoms with Crippen molar-refractivity contribution >= 4 is 38.3 Å². The Hall–Kier alpha value is -1.88. The van der Waals surface area contributed by atoms with Crippen LogP contribution in [0.4, 0.5) is 26.3 Å². The zero-order valence-corrected chi connectivity index (χ0v) is 32.6. The minimum Gasteiger partial charge on any atom is -0.493 e. The van der Waals surface area contributed by atoms with Gasteiger partial charge in [-0.15, -0.1) is 0 Å². The summed E-state index contributed by atoms with van der Waals surface area (Å²) in [4.78, 5) is 13.8. The fourth-order valence-electron chi connectivity index (χ4n) is 5.77. The van der Waals surface area contributed by atoms with E-state index in [1.807, 2.05) is 13.8 Å². The molecule has 2 rings (SSSR count). The second-order valence-electron chi connectivity index (χ2n) is 13.2. The normalized spacial score (nSPS) is 13.9. The van der Waals surface area contributed by atoms with Crippen LogP contribution in [0.5, 0.6) is 17.2 Å². The summed E-state index contributed by atoms with van der Waals surface area (Å²) in [6.45, 7) is 13.4. The molecule has 285 valence electrons. The van der Waals surface area contributed by atoms with Gasteiger partial charge in [-0.1, -0.05) is 105 Å². The van der Waals surface area contributed by atoms with Crippen molar-refractivity contribution in [3.8, 4) is 17.2 Å². The fraction of sp³-hybridized carbons (Fsp3) is 0.667. The van der Waals surface area contributed by atoms with E-state index in [2.05, 4.69) is 27.7 Å². The second kappa shape index (κ2) is 23.7. The van der Waals surface area contributed by atoms with Crippen LogP contribution in [0.3, 0.4) is 0 Å². The smallest absolute Gasteiger partial charge is 0.417 e. The average molecular weight is 742 g/mol. The van der Waals surface area contributed by atoms with Crippen molar-refractivity contribution in [1.82, 2.24) is 0 Å². The van der Waals surface area contributed by atoms with Crippen molar-refractivity contribution in [2.24, 2.45) is 17.8 Å². The molecule has 0 aliphatic carbocycles. The number of unbranched alkanes of at least 4 members (excludes halogenated alkanes) is 3. The number of carbonyl (C=O) groups is 1. The summed E-state index contributed by atoms with van der Waals surface area (Å²) < 4.78 is 104. The van der Waals surface area contributed by atoms with E-state index in [-0.39, 0.29) is 60.7 Å². The molecule has 0 bridgehead atoms. The van der Waals surface area contributed by atoms with Crippen LogP contribution >= 0.6 is 8.58 Å². The van der Waals surface area contributed by atoms with Gasteiger partial charge in [0.25, 0.3) is 0 Å². The molecular formula is C39H57F6LiO4P. The first-order valence-corrected chi connectivity index (χ1v) is 19.4. The molecule has 0 fully saturated rings.